The molecule has 25 heavy (non-hydrogen) atoms. The van der Waals surface area contributed by atoms with E-state index in [0.717, 1.165) is 28.2 Å². The van der Waals surface area contributed by atoms with Gasteiger partial charge in [0.05, 0.1) is 17.5 Å². The Morgan fingerprint density at radius 3 is 2.72 bits per heavy atom. The van der Waals surface area contributed by atoms with Crippen LogP contribution in [0.5, 0.6) is 5.75 Å². The van der Waals surface area contributed by atoms with Gasteiger partial charge in [-0.3, -0.25) is 4.79 Å². The maximum absolute atomic E-state index is 13.0. The molecule has 0 aliphatic carbocycles. The molecule has 0 fully saturated rings. The predicted octanol–water partition coefficient (Wildman–Crippen LogP) is 4.81. The number of hydrogen-bond donors (Lipinski definition) is 1. The van der Waals surface area contributed by atoms with Gasteiger partial charge in [-0.05, 0) is 35.9 Å². The summed E-state index contributed by atoms with van der Waals surface area (Å²) < 4.78 is 18.7. The summed E-state index contributed by atoms with van der Waals surface area (Å²) in [6, 6.07) is 17.7. The van der Waals surface area contributed by atoms with Gasteiger partial charge in [-0.25, -0.2) is 4.39 Å². The van der Waals surface area contributed by atoms with E-state index in [1.54, 1.807) is 12.1 Å². The van der Waals surface area contributed by atoms with E-state index >= 15 is 0 Å². The average molecular weight is 353 g/mol. The van der Waals surface area contributed by atoms with Gasteiger partial charge in [0, 0.05) is 16.9 Å². The quantitative estimate of drug-likeness (QED) is 0.734. The number of carbonyl (C=O) groups is 1. The molecule has 0 radical (unpaired) electrons. The number of hydrogen-bond acceptors (Lipinski definition) is 3. The lowest BCUT2D eigenvalue weighted by Gasteiger charge is -2.26. The van der Waals surface area contributed by atoms with Crippen molar-refractivity contribution < 1.29 is 13.9 Å². The molecular weight excluding hydrogens is 337 g/mol. The Hall–Kier alpha value is -2.66. The lowest BCUT2D eigenvalue weighted by molar-refractivity contribution is 0.0929. The molecule has 1 amide bonds. The third kappa shape index (κ3) is 3.28. The van der Waals surface area contributed by atoms with Gasteiger partial charge in [0.25, 0.3) is 5.91 Å². The normalized spacial score (nSPS) is 16.0. The first-order valence-corrected chi connectivity index (χ1v) is 8.91. The minimum atomic E-state index is -0.267. The molecule has 2 heterocycles. The topological polar surface area (TPSA) is 38.3 Å². The lowest BCUT2D eigenvalue weighted by Crippen LogP contribution is -2.31. The number of amides is 1. The van der Waals surface area contributed by atoms with Crippen LogP contribution in [0.1, 0.15) is 27.7 Å². The van der Waals surface area contributed by atoms with Gasteiger partial charge in [-0.15, -0.1) is 11.3 Å². The van der Waals surface area contributed by atoms with Crippen LogP contribution in [0.3, 0.4) is 0 Å². The third-order valence-electron chi connectivity index (χ3n) is 4.22. The van der Waals surface area contributed by atoms with Crippen LogP contribution in [0.4, 0.5) is 4.39 Å². The fourth-order valence-corrected chi connectivity index (χ4v) is 3.87. The molecule has 0 spiro atoms. The van der Waals surface area contributed by atoms with E-state index in [1.165, 1.54) is 23.5 Å². The second-order valence-corrected chi connectivity index (χ2v) is 6.96. The number of benzene rings is 2. The second-order valence-electron chi connectivity index (χ2n) is 5.87. The Labute approximate surface area is 149 Å². The summed E-state index contributed by atoms with van der Waals surface area (Å²) in [5.41, 5.74) is 1.92. The Bertz CT molecular complexity index is 904. The smallest absolute Gasteiger partial charge is 0.261 e. The summed E-state index contributed by atoms with van der Waals surface area (Å²) in [7, 11) is 0. The molecule has 4 rings (SSSR count). The van der Waals surface area contributed by atoms with Gasteiger partial charge >= 0.3 is 0 Å². The monoisotopic (exact) mass is 353 g/mol. The van der Waals surface area contributed by atoms with Crippen LogP contribution in [0.25, 0.3) is 10.4 Å². The highest BCUT2D eigenvalue weighted by Gasteiger charge is 2.23. The molecule has 1 atom stereocenters. The first-order chi connectivity index (χ1) is 12.2. The van der Waals surface area contributed by atoms with Crippen molar-refractivity contribution in [2.75, 3.05) is 6.61 Å². The van der Waals surface area contributed by atoms with Crippen LogP contribution in [0, 0.1) is 5.82 Å². The van der Waals surface area contributed by atoms with E-state index in [2.05, 4.69) is 5.32 Å². The molecule has 3 aromatic rings. The molecule has 0 saturated carbocycles. The van der Waals surface area contributed by atoms with Gasteiger partial charge in [-0.2, -0.15) is 0 Å². The third-order valence-corrected chi connectivity index (χ3v) is 5.36. The second kappa shape index (κ2) is 6.69. The number of carbonyl (C=O) groups excluding carboxylic acids is 1. The van der Waals surface area contributed by atoms with Gasteiger partial charge in [0.1, 0.15) is 11.6 Å². The SMILES string of the molecule is O=C(N[C@H]1CCOc2ccccc21)c1ccc(-c2ccc(F)cc2)s1. The maximum atomic E-state index is 13.0. The summed E-state index contributed by atoms with van der Waals surface area (Å²) in [4.78, 5) is 14.2. The molecule has 126 valence electrons. The number of para-hydroxylation sites is 1. The van der Waals surface area contributed by atoms with Crippen molar-refractivity contribution in [2.24, 2.45) is 0 Å². The number of fused-ring (bicyclic) bond motifs is 1. The molecule has 1 aliphatic rings. The fourth-order valence-electron chi connectivity index (χ4n) is 2.95. The van der Waals surface area contributed by atoms with Crippen LogP contribution in [0.15, 0.2) is 60.7 Å². The maximum Gasteiger partial charge on any atom is 0.261 e. The number of halogens is 1. The van der Waals surface area contributed by atoms with Crippen molar-refractivity contribution in [1.29, 1.82) is 0 Å². The molecule has 5 heteroatoms. The van der Waals surface area contributed by atoms with Crippen molar-refractivity contribution in [3.8, 4) is 16.2 Å². The van der Waals surface area contributed by atoms with E-state index in [0.29, 0.717) is 11.5 Å². The Morgan fingerprint density at radius 1 is 1.08 bits per heavy atom. The summed E-state index contributed by atoms with van der Waals surface area (Å²) >= 11 is 1.40. The van der Waals surface area contributed by atoms with Crippen molar-refractivity contribution >= 4 is 17.2 Å². The molecule has 1 N–H and O–H groups in total. The first-order valence-electron chi connectivity index (χ1n) is 8.09. The first kappa shape index (κ1) is 15.8. The van der Waals surface area contributed by atoms with Crippen molar-refractivity contribution in [3.05, 3.63) is 76.9 Å². The van der Waals surface area contributed by atoms with Crippen molar-refractivity contribution in [2.45, 2.75) is 12.5 Å². The van der Waals surface area contributed by atoms with E-state index in [9.17, 15) is 9.18 Å². The van der Waals surface area contributed by atoms with E-state index in [4.69, 9.17) is 4.74 Å². The Kier molecular flexibility index (Phi) is 4.24. The highest BCUT2D eigenvalue weighted by molar-refractivity contribution is 7.17. The van der Waals surface area contributed by atoms with Gasteiger partial charge in [-0.1, -0.05) is 30.3 Å². The molecule has 0 unspecified atom stereocenters. The van der Waals surface area contributed by atoms with E-state index in [-0.39, 0.29) is 17.8 Å². The summed E-state index contributed by atoms with van der Waals surface area (Å²) in [5.74, 6) is 0.466. The average Bonchev–Trinajstić information content (AvgIpc) is 3.13. The molecule has 3 nitrogen and oxygen atoms in total. The zero-order valence-electron chi connectivity index (χ0n) is 13.4. The standard InChI is InChI=1S/C20H16FNO2S/c21-14-7-5-13(6-8-14)18-9-10-19(25-18)20(23)22-16-11-12-24-17-4-2-1-3-15(16)17/h1-10,16H,11-12H2,(H,22,23)/t16-/m0/s1. The van der Waals surface area contributed by atoms with Gasteiger partial charge < -0.3 is 10.1 Å². The fraction of sp³-hybridized carbons (Fsp3) is 0.150. The highest BCUT2D eigenvalue weighted by Crippen LogP contribution is 2.33. The number of nitrogens with one attached hydrogen (secondary N) is 1. The molecule has 1 aliphatic heterocycles. The predicted molar refractivity (Wildman–Crippen MR) is 96.5 cm³/mol. The van der Waals surface area contributed by atoms with Crippen LogP contribution in [-0.4, -0.2) is 12.5 Å². The summed E-state index contributed by atoms with van der Waals surface area (Å²) in [6.07, 6.45) is 0.749. The van der Waals surface area contributed by atoms with Crippen LogP contribution >= 0.6 is 11.3 Å². The summed E-state index contributed by atoms with van der Waals surface area (Å²) in [5, 5.41) is 3.10. The largest absolute Gasteiger partial charge is 0.493 e. The van der Waals surface area contributed by atoms with Gasteiger partial charge in [0.2, 0.25) is 0 Å². The van der Waals surface area contributed by atoms with Crippen LogP contribution < -0.4 is 10.1 Å². The molecule has 0 saturated heterocycles. The minimum absolute atomic E-state index is 0.0474. The number of thiophene rings is 1. The highest BCUT2D eigenvalue weighted by atomic mass is 32.1. The summed E-state index contributed by atoms with van der Waals surface area (Å²) in [6.45, 7) is 0.591. The van der Waals surface area contributed by atoms with Crippen molar-refractivity contribution in [3.63, 3.8) is 0 Å². The Morgan fingerprint density at radius 2 is 1.88 bits per heavy atom. The van der Waals surface area contributed by atoms with E-state index in [1.807, 2.05) is 36.4 Å². The Balaban J connectivity index is 1.52. The van der Waals surface area contributed by atoms with Crippen LogP contribution in [-0.2, 0) is 0 Å². The molecule has 0 bridgehead atoms. The number of ether oxygens (including phenoxy) is 1. The zero-order valence-corrected chi connectivity index (χ0v) is 14.2. The minimum Gasteiger partial charge on any atom is -0.493 e. The molecule has 2 aromatic carbocycles. The molecule has 1 aromatic heterocycles. The zero-order chi connectivity index (χ0) is 17.2. The molecular formula is C20H16FNO2S. The number of rotatable bonds is 3. The van der Waals surface area contributed by atoms with Crippen LogP contribution in [0.2, 0.25) is 0 Å². The van der Waals surface area contributed by atoms with Gasteiger partial charge in [0.15, 0.2) is 0 Å². The van der Waals surface area contributed by atoms with Crippen molar-refractivity contribution in [1.82, 2.24) is 5.32 Å². The lowest BCUT2D eigenvalue weighted by atomic mass is 10.0. The van der Waals surface area contributed by atoms with E-state index < -0.39 is 0 Å².